The second kappa shape index (κ2) is 8.98. The van der Waals surface area contributed by atoms with Crippen LogP contribution in [0.2, 0.25) is 0 Å². The van der Waals surface area contributed by atoms with Crippen molar-refractivity contribution < 1.29 is 18.7 Å². The van der Waals surface area contributed by atoms with Crippen molar-refractivity contribution >= 4 is 11.9 Å². The van der Waals surface area contributed by atoms with Crippen molar-refractivity contribution in [3.8, 4) is 0 Å². The topological polar surface area (TPSA) is 92.6 Å². The van der Waals surface area contributed by atoms with Crippen LogP contribution in [-0.4, -0.2) is 44.8 Å². The highest BCUT2D eigenvalue weighted by atomic mass is 16.5. The Morgan fingerprint density at radius 1 is 1.21 bits per heavy atom. The van der Waals surface area contributed by atoms with E-state index in [2.05, 4.69) is 16.0 Å². The van der Waals surface area contributed by atoms with E-state index in [1.54, 1.807) is 12.1 Å². The molecule has 3 N–H and O–H groups in total. The van der Waals surface area contributed by atoms with Crippen molar-refractivity contribution in [3.63, 3.8) is 0 Å². The van der Waals surface area contributed by atoms with Gasteiger partial charge in [-0.05, 0) is 19.1 Å². The number of carbonyl (C=O) groups excluding carboxylic acids is 2. The molecule has 0 bridgehead atoms. The summed E-state index contributed by atoms with van der Waals surface area (Å²) in [4.78, 5) is 22.7. The minimum atomic E-state index is -0.302. The molecular formula is C12H19N3O4. The van der Waals surface area contributed by atoms with Gasteiger partial charge in [0.25, 0.3) is 5.91 Å². The summed E-state index contributed by atoms with van der Waals surface area (Å²) in [5.41, 5.74) is 0. The van der Waals surface area contributed by atoms with Gasteiger partial charge in [0.05, 0.1) is 12.9 Å². The van der Waals surface area contributed by atoms with Gasteiger partial charge in [-0.1, -0.05) is 0 Å². The maximum absolute atomic E-state index is 11.4. The van der Waals surface area contributed by atoms with Gasteiger partial charge in [-0.25, -0.2) is 4.79 Å². The number of urea groups is 1. The molecule has 19 heavy (non-hydrogen) atoms. The highest BCUT2D eigenvalue weighted by Gasteiger charge is 2.06. The van der Waals surface area contributed by atoms with Gasteiger partial charge < -0.3 is 25.1 Å². The SMILES string of the molecule is CCOCCNC(=O)NCCNC(=O)c1ccco1. The maximum Gasteiger partial charge on any atom is 0.314 e. The van der Waals surface area contributed by atoms with Crippen LogP contribution in [0, 0.1) is 0 Å². The lowest BCUT2D eigenvalue weighted by molar-refractivity contribution is 0.0926. The Morgan fingerprint density at radius 3 is 2.63 bits per heavy atom. The van der Waals surface area contributed by atoms with Gasteiger partial charge in [0.15, 0.2) is 5.76 Å². The zero-order chi connectivity index (χ0) is 13.9. The van der Waals surface area contributed by atoms with E-state index >= 15 is 0 Å². The van der Waals surface area contributed by atoms with Crippen molar-refractivity contribution in [1.82, 2.24) is 16.0 Å². The lowest BCUT2D eigenvalue weighted by atomic mass is 10.4. The third-order valence-electron chi connectivity index (χ3n) is 2.18. The minimum absolute atomic E-state index is 0.251. The molecule has 1 aromatic heterocycles. The van der Waals surface area contributed by atoms with E-state index in [-0.39, 0.29) is 17.7 Å². The molecule has 7 nitrogen and oxygen atoms in total. The molecule has 0 unspecified atom stereocenters. The van der Waals surface area contributed by atoms with Gasteiger partial charge in [0.2, 0.25) is 0 Å². The number of ether oxygens (including phenoxy) is 1. The van der Waals surface area contributed by atoms with Crippen molar-refractivity contribution in [2.75, 3.05) is 32.8 Å². The van der Waals surface area contributed by atoms with Crippen LogP contribution >= 0.6 is 0 Å². The molecule has 0 aliphatic carbocycles. The number of nitrogens with one attached hydrogen (secondary N) is 3. The predicted octanol–water partition coefficient (Wildman–Crippen LogP) is 0.345. The number of rotatable bonds is 8. The molecule has 0 atom stereocenters. The fraction of sp³-hybridized carbons (Fsp3) is 0.500. The molecule has 0 fully saturated rings. The third kappa shape index (κ3) is 6.46. The highest BCUT2D eigenvalue weighted by Crippen LogP contribution is 1.98. The molecule has 0 aliphatic rings. The Labute approximate surface area is 111 Å². The average Bonchev–Trinajstić information content (AvgIpc) is 2.93. The van der Waals surface area contributed by atoms with Crippen molar-refractivity contribution in [2.45, 2.75) is 6.92 Å². The van der Waals surface area contributed by atoms with Gasteiger partial charge >= 0.3 is 6.03 Å². The van der Waals surface area contributed by atoms with Crippen LogP contribution in [0.25, 0.3) is 0 Å². The van der Waals surface area contributed by atoms with Crippen LogP contribution in [0.1, 0.15) is 17.5 Å². The van der Waals surface area contributed by atoms with E-state index in [9.17, 15) is 9.59 Å². The zero-order valence-corrected chi connectivity index (χ0v) is 10.9. The van der Waals surface area contributed by atoms with Crippen LogP contribution in [0.5, 0.6) is 0 Å². The molecule has 0 spiro atoms. The average molecular weight is 269 g/mol. The molecule has 3 amide bonds. The van der Waals surface area contributed by atoms with Crippen LogP contribution < -0.4 is 16.0 Å². The minimum Gasteiger partial charge on any atom is -0.459 e. The monoisotopic (exact) mass is 269 g/mol. The molecular weight excluding hydrogens is 250 g/mol. The molecule has 7 heteroatoms. The van der Waals surface area contributed by atoms with E-state index in [0.29, 0.717) is 32.8 Å². The third-order valence-corrected chi connectivity index (χ3v) is 2.18. The van der Waals surface area contributed by atoms with Crippen LogP contribution in [-0.2, 0) is 4.74 Å². The van der Waals surface area contributed by atoms with Gasteiger partial charge in [0.1, 0.15) is 0 Å². The first-order valence-electron chi connectivity index (χ1n) is 6.15. The fourth-order valence-corrected chi connectivity index (χ4v) is 1.29. The van der Waals surface area contributed by atoms with E-state index < -0.39 is 0 Å². The molecule has 0 radical (unpaired) electrons. The molecule has 1 aromatic rings. The number of carbonyl (C=O) groups is 2. The van der Waals surface area contributed by atoms with Gasteiger partial charge in [-0.2, -0.15) is 0 Å². The Hall–Kier alpha value is -2.02. The number of hydrogen-bond donors (Lipinski definition) is 3. The molecule has 0 saturated heterocycles. The van der Waals surface area contributed by atoms with Crippen LogP contribution in [0.4, 0.5) is 4.79 Å². The Balaban J connectivity index is 2.01. The largest absolute Gasteiger partial charge is 0.459 e. The molecule has 0 aliphatic heterocycles. The first kappa shape index (κ1) is 15.0. The summed E-state index contributed by atoms with van der Waals surface area (Å²) in [6.07, 6.45) is 1.43. The van der Waals surface area contributed by atoms with Crippen molar-refractivity contribution in [1.29, 1.82) is 0 Å². The Morgan fingerprint density at radius 2 is 1.95 bits per heavy atom. The summed E-state index contributed by atoms with van der Waals surface area (Å²) in [6, 6.07) is 2.93. The summed E-state index contributed by atoms with van der Waals surface area (Å²) in [6.45, 7) is 4.13. The zero-order valence-electron chi connectivity index (χ0n) is 10.9. The van der Waals surface area contributed by atoms with E-state index in [4.69, 9.17) is 9.15 Å². The predicted molar refractivity (Wildman–Crippen MR) is 68.9 cm³/mol. The number of furan rings is 1. The summed E-state index contributed by atoms with van der Waals surface area (Å²) < 4.78 is 10.00. The lowest BCUT2D eigenvalue weighted by Crippen LogP contribution is -2.41. The summed E-state index contributed by atoms with van der Waals surface area (Å²) in [7, 11) is 0. The molecule has 1 heterocycles. The van der Waals surface area contributed by atoms with Crippen LogP contribution in [0.15, 0.2) is 22.8 Å². The van der Waals surface area contributed by atoms with E-state index in [1.165, 1.54) is 6.26 Å². The standard InChI is InChI=1S/C12H19N3O4/c1-2-18-9-7-15-12(17)14-6-5-13-11(16)10-4-3-8-19-10/h3-4,8H,2,5-7,9H2,1H3,(H,13,16)(H2,14,15,17). The van der Waals surface area contributed by atoms with Gasteiger partial charge in [0, 0.05) is 26.2 Å². The van der Waals surface area contributed by atoms with Gasteiger partial charge in [-0.3, -0.25) is 4.79 Å². The quantitative estimate of drug-likeness (QED) is 0.593. The maximum atomic E-state index is 11.4. The Bertz CT molecular complexity index is 378. The van der Waals surface area contributed by atoms with Crippen LogP contribution in [0.3, 0.4) is 0 Å². The first-order chi connectivity index (χ1) is 9.24. The van der Waals surface area contributed by atoms with E-state index in [1.807, 2.05) is 6.92 Å². The summed E-state index contributed by atoms with van der Waals surface area (Å²) >= 11 is 0. The second-order valence-corrected chi connectivity index (χ2v) is 3.61. The fourth-order valence-electron chi connectivity index (χ4n) is 1.29. The number of hydrogen-bond acceptors (Lipinski definition) is 4. The number of amides is 3. The summed E-state index contributed by atoms with van der Waals surface area (Å²) in [5, 5.41) is 7.85. The van der Waals surface area contributed by atoms with Crippen molar-refractivity contribution in [2.24, 2.45) is 0 Å². The highest BCUT2D eigenvalue weighted by molar-refractivity contribution is 5.91. The Kier molecular flexibility index (Phi) is 7.11. The smallest absolute Gasteiger partial charge is 0.314 e. The van der Waals surface area contributed by atoms with Gasteiger partial charge in [-0.15, -0.1) is 0 Å². The molecule has 1 rings (SSSR count). The molecule has 0 aromatic carbocycles. The normalized spacial score (nSPS) is 9.95. The van der Waals surface area contributed by atoms with E-state index in [0.717, 1.165) is 0 Å². The summed E-state index contributed by atoms with van der Waals surface area (Å²) in [5.74, 6) is -0.0512. The molecule has 0 saturated carbocycles. The lowest BCUT2D eigenvalue weighted by Gasteiger charge is -2.08. The van der Waals surface area contributed by atoms with Crippen molar-refractivity contribution in [3.05, 3.63) is 24.2 Å². The molecule has 106 valence electrons. The second-order valence-electron chi connectivity index (χ2n) is 3.61. The first-order valence-corrected chi connectivity index (χ1v) is 6.15.